The Labute approximate surface area is 129 Å². The second kappa shape index (κ2) is 7.93. The minimum absolute atomic E-state index is 0.0934. The first-order valence-electron chi connectivity index (χ1n) is 7.20. The van der Waals surface area contributed by atoms with Crippen molar-refractivity contribution in [2.45, 2.75) is 13.3 Å². The fourth-order valence-electron chi connectivity index (χ4n) is 1.99. The molecule has 22 heavy (non-hydrogen) atoms. The molecule has 0 aliphatic rings. The molecule has 0 aliphatic heterocycles. The minimum atomic E-state index is -0.132. The van der Waals surface area contributed by atoms with Crippen LogP contribution in [0.1, 0.15) is 32.7 Å². The second-order valence-corrected chi connectivity index (χ2v) is 4.97. The highest BCUT2D eigenvalue weighted by atomic mass is 16.2. The van der Waals surface area contributed by atoms with Gasteiger partial charge in [-0.2, -0.15) is 0 Å². The lowest BCUT2D eigenvalue weighted by Gasteiger charge is -2.07. The molecule has 0 radical (unpaired) electrons. The summed E-state index contributed by atoms with van der Waals surface area (Å²) in [6.45, 7) is 2.98. The van der Waals surface area contributed by atoms with E-state index in [2.05, 4.69) is 15.6 Å². The molecule has 0 spiro atoms. The van der Waals surface area contributed by atoms with E-state index in [-0.39, 0.29) is 11.8 Å². The molecule has 0 bridgehead atoms. The SMILES string of the molecule is Cc1cccc(C(=O)NCCCNC(=O)c2ccncc2)c1. The molecular formula is C17H19N3O2. The maximum Gasteiger partial charge on any atom is 0.251 e. The van der Waals surface area contributed by atoms with Gasteiger partial charge in [-0.05, 0) is 37.6 Å². The lowest BCUT2D eigenvalue weighted by atomic mass is 10.1. The van der Waals surface area contributed by atoms with E-state index in [1.165, 1.54) is 0 Å². The number of nitrogens with one attached hydrogen (secondary N) is 2. The van der Waals surface area contributed by atoms with Crippen molar-refractivity contribution in [3.63, 3.8) is 0 Å². The highest BCUT2D eigenvalue weighted by Gasteiger charge is 2.05. The molecular weight excluding hydrogens is 278 g/mol. The zero-order valence-electron chi connectivity index (χ0n) is 12.5. The first-order chi connectivity index (χ1) is 10.7. The van der Waals surface area contributed by atoms with Gasteiger partial charge in [-0.15, -0.1) is 0 Å². The third-order valence-electron chi connectivity index (χ3n) is 3.15. The van der Waals surface area contributed by atoms with Crippen LogP contribution in [-0.2, 0) is 0 Å². The third kappa shape index (κ3) is 4.70. The van der Waals surface area contributed by atoms with Gasteiger partial charge in [-0.1, -0.05) is 17.7 Å². The Kier molecular flexibility index (Phi) is 5.65. The molecule has 2 amide bonds. The Morgan fingerprint density at radius 3 is 2.23 bits per heavy atom. The van der Waals surface area contributed by atoms with E-state index in [0.29, 0.717) is 30.6 Å². The van der Waals surface area contributed by atoms with Gasteiger partial charge in [0.15, 0.2) is 0 Å². The summed E-state index contributed by atoms with van der Waals surface area (Å²) < 4.78 is 0. The number of nitrogens with zero attached hydrogens (tertiary/aromatic N) is 1. The van der Waals surface area contributed by atoms with Gasteiger partial charge in [0.2, 0.25) is 0 Å². The topological polar surface area (TPSA) is 71.1 Å². The van der Waals surface area contributed by atoms with Crippen LogP contribution in [0.15, 0.2) is 48.8 Å². The number of benzene rings is 1. The molecule has 0 saturated heterocycles. The highest BCUT2D eigenvalue weighted by molar-refractivity contribution is 5.94. The predicted molar refractivity (Wildman–Crippen MR) is 84.7 cm³/mol. The van der Waals surface area contributed by atoms with E-state index in [0.717, 1.165) is 5.56 Å². The molecule has 1 heterocycles. The van der Waals surface area contributed by atoms with Crippen molar-refractivity contribution in [3.8, 4) is 0 Å². The summed E-state index contributed by atoms with van der Waals surface area (Å²) in [6, 6.07) is 10.8. The smallest absolute Gasteiger partial charge is 0.251 e. The molecule has 114 valence electrons. The van der Waals surface area contributed by atoms with Crippen molar-refractivity contribution >= 4 is 11.8 Å². The number of aromatic nitrogens is 1. The fourth-order valence-corrected chi connectivity index (χ4v) is 1.99. The van der Waals surface area contributed by atoms with Crippen molar-refractivity contribution < 1.29 is 9.59 Å². The molecule has 2 rings (SSSR count). The van der Waals surface area contributed by atoms with E-state index in [1.807, 2.05) is 25.1 Å². The average Bonchev–Trinajstić information content (AvgIpc) is 2.55. The standard InChI is InChI=1S/C17H19N3O2/c1-13-4-2-5-15(12-13)17(22)20-9-3-8-19-16(21)14-6-10-18-11-7-14/h2,4-7,10-12H,3,8-9H2,1H3,(H,19,21)(H,20,22). The van der Waals surface area contributed by atoms with Crippen LogP contribution in [0.2, 0.25) is 0 Å². The van der Waals surface area contributed by atoms with Crippen LogP contribution in [0.25, 0.3) is 0 Å². The van der Waals surface area contributed by atoms with E-state index in [4.69, 9.17) is 0 Å². The summed E-state index contributed by atoms with van der Waals surface area (Å²) in [6.07, 6.45) is 3.84. The van der Waals surface area contributed by atoms with Crippen LogP contribution in [0.5, 0.6) is 0 Å². The van der Waals surface area contributed by atoms with Crippen LogP contribution >= 0.6 is 0 Å². The zero-order valence-corrected chi connectivity index (χ0v) is 12.5. The Hall–Kier alpha value is -2.69. The summed E-state index contributed by atoms with van der Waals surface area (Å²) in [5.74, 6) is -0.225. The molecule has 1 aromatic carbocycles. The predicted octanol–water partition coefficient (Wildman–Crippen LogP) is 1.94. The average molecular weight is 297 g/mol. The fraction of sp³-hybridized carbons (Fsp3) is 0.235. The summed E-state index contributed by atoms with van der Waals surface area (Å²) in [4.78, 5) is 27.5. The number of hydrogen-bond donors (Lipinski definition) is 2. The van der Waals surface area contributed by atoms with E-state index < -0.39 is 0 Å². The van der Waals surface area contributed by atoms with Crippen LogP contribution in [0.3, 0.4) is 0 Å². The van der Waals surface area contributed by atoms with Gasteiger partial charge in [0.05, 0.1) is 0 Å². The van der Waals surface area contributed by atoms with Crippen LogP contribution < -0.4 is 10.6 Å². The lowest BCUT2D eigenvalue weighted by molar-refractivity contribution is 0.0951. The zero-order chi connectivity index (χ0) is 15.8. The summed E-state index contributed by atoms with van der Waals surface area (Å²) >= 11 is 0. The van der Waals surface area contributed by atoms with Gasteiger partial charge >= 0.3 is 0 Å². The summed E-state index contributed by atoms with van der Waals surface area (Å²) in [5, 5.41) is 5.64. The Bertz CT molecular complexity index is 641. The van der Waals surface area contributed by atoms with Crippen LogP contribution in [-0.4, -0.2) is 29.9 Å². The maximum absolute atomic E-state index is 11.9. The minimum Gasteiger partial charge on any atom is -0.352 e. The maximum atomic E-state index is 11.9. The Morgan fingerprint density at radius 2 is 1.59 bits per heavy atom. The second-order valence-electron chi connectivity index (χ2n) is 4.97. The van der Waals surface area contributed by atoms with Crippen molar-refractivity contribution in [3.05, 3.63) is 65.5 Å². The monoisotopic (exact) mass is 297 g/mol. The molecule has 2 N–H and O–H groups in total. The lowest BCUT2D eigenvalue weighted by Crippen LogP contribution is -2.29. The van der Waals surface area contributed by atoms with Gasteiger partial charge in [-0.25, -0.2) is 0 Å². The van der Waals surface area contributed by atoms with E-state index in [9.17, 15) is 9.59 Å². The first-order valence-corrected chi connectivity index (χ1v) is 7.20. The Morgan fingerprint density at radius 1 is 0.955 bits per heavy atom. The number of carbonyl (C=O) groups excluding carboxylic acids is 2. The van der Waals surface area contributed by atoms with Gasteiger partial charge in [-0.3, -0.25) is 14.6 Å². The van der Waals surface area contributed by atoms with Crippen molar-refractivity contribution in [1.29, 1.82) is 0 Å². The van der Waals surface area contributed by atoms with Crippen molar-refractivity contribution in [1.82, 2.24) is 15.6 Å². The van der Waals surface area contributed by atoms with Gasteiger partial charge < -0.3 is 10.6 Å². The molecule has 0 aliphatic carbocycles. The quantitative estimate of drug-likeness (QED) is 0.800. The van der Waals surface area contributed by atoms with Crippen molar-refractivity contribution in [2.75, 3.05) is 13.1 Å². The first kappa shape index (κ1) is 15.7. The van der Waals surface area contributed by atoms with Gasteiger partial charge in [0.1, 0.15) is 0 Å². The van der Waals surface area contributed by atoms with Gasteiger partial charge in [0.25, 0.3) is 11.8 Å². The number of amides is 2. The molecule has 5 heteroatoms. The largest absolute Gasteiger partial charge is 0.352 e. The normalized spacial score (nSPS) is 10.0. The van der Waals surface area contributed by atoms with Crippen LogP contribution in [0, 0.1) is 6.92 Å². The number of rotatable bonds is 6. The molecule has 0 fully saturated rings. The molecule has 5 nitrogen and oxygen atoms in total. The number of carbonyl (C=O) groups is 2. The highest BCUT2D eigenvalue weighted by Crippen LogP contribution is 2.03. The van der Waals surface area contributed by atoms with Crippen LogP contribution in [0.4, 0.5) is 0 Å². The van der Waals surface area contributed by atoms with E-state index >= 15 is 0 Å². The molecule has 0 saturated carbocycles. The molecule has 1 aromatic heterocycles. The number of hydrogen-bond acceptors (Lipinski definition) is 3. The molecule has 0 unspecified atom stereocenters. The molecule has 2 aromatic rings. The van der Waals surface area contributed by atoms with Crippen molar-refractivity contribution in [2.24, 2.45) is 0 Å². The molecule has 0 atom stereocenters. The summed E-state index contributed by atoms with van der Waals surface area (Å²) in [5.41, 5.74) is 2.29. The summed E-state index contributed by atoms with van der Waals surface area (Å²) in [7, 11) is 0. The van der Waals surface area contributed by atoms with Gasteiger partial charge in [0, 0.05) is 36.6 Å². The Balaban J connectivity index is 1.67. The third-order valence-corrected chi connectivity index (χ3v) is 3.15. The van der Waals surface area contributed by atoms with E-state index in [1.54, 1.807) is 30.6 Å². The number of aryl methyl sites for hydroxylation is 1. The number of pyridine rings is 1.